The molecule has 2 N–H and O–H groups in total. The lowest BCUT2D eigenvalue weighted by atomic mass is 10.1. The standard InChI is InChI=1S/C15H20N4O2/c1-3-8-19(21-4-2)15(20)11-9-13-12(6-5-7-17-13)18-14(16)10-11/h5-7,9H,3-4,8,10H2,1-2H3,(H2,16,18). The molecule has 1 aliphatic rings. The number of carbonyl (C=O) groups is 1. The molecule has 0 spiro atoms. The number of carbonyl (C=O) groups excluding carboxylic acids is 1. The lowest BCUT2D eigenvalue weighted by molar-refractivity contribution is -0.180. The molecule has 2 heterocycles. The molecule has 21 heavy (non-hydrogen) atoms. The Morgan fingerprint density at radius 1 is 1.48 bits per heavy atom. The van der Waals surface area contributed by atoms with E-state index in [4.69, 9.17) is 10.6 Å². The molecule has 0 saturated carbocycles. The summed E-state index contributed by atoms with van der Waals surface area (Å²) < 4.78 is 0. The summed E-state index contributed by atoms with van der Waals surface area (Å²) in [5.74, 6) is 0.213. The minimum Gasteiger partial charge on any atom is -0.387 e. The number of hydrogen-bond acceptors (Lipinski definition) is 5. The molecular formula is C15H20N4O2. The molecule has 112 valence electrons. The van der Waals surface area contributed by atoms with Gasteiger partial charge >= 0.3 is 0 Å². The number of pyridine rings is 1. The van der Waals surface area contributed by atoms with E-state index in [0.29, 0.717) is 42.4 Å². The number of hydroxylamine groups is 2. The van der Waals surface area contributed by atoms with Crippen LogP contribution in [0.3, 0.4) is 0 Å². The number of rotatable bonds is 5. The molecule has 6 nitrogen and oxygen atoms in total. The second kappa shape index (κ2) is 6.99. The fraction of sp³-hybridized carbons (Fsp3) is 0.400. The van der Waals surface area contributed by atoms with Crippen LogP contribution in [-0.2, 0) is 9.63 Å². The molecule has 1 aliphatic heterocycles. The van der Waals surface area contributed by atoms with E-state index in [-0.39, 0.29) is 5.91 Å². The first-order chi connectivity index (χ1) is 10.2. The van der Waals surface area contributed by atoms with E-state index in [0.717, 1.165) is 6.42 Å². The van der Waals surface area contributed by atoms with Gasteiger partial charge in [0, 0.05) is 24.7 Å². The zero-order chi connectivity index (χ0) is 15.2. The largest absolute Gasteiger partial charge is 0.387 e. The Labute approximate surface area is 124 Å². The molecule has 1 aromatic rings. The van der Waals surface area contributed by atoms with Crippen molar-refractivity contribution in [3.05, 3.63) is 29.6 Å². The van der Waals surface area contributed by atoms with Crippen LogP contribution in [0.2, 0.25) is 0 Å². The van der Waals surface area contributed by atoms with Crippen molar-refractivity contribution in [2.75, 3.05) is 13.2 Å². The first-order valence-electron chi connectivity index (χ1n) is 7.09. The summed E-state index contributed by atoms with van der Waals surface area (Å²) >= 11 is 0. The highest BCUT2D eigenvalue weighted by Crippen LogP contribution is 2.25. The van der Waals surface area contributed by atoms with Crippen LogP contribution in [0.25, 0.3) is 6.08 Å². The third kappa shape index (κ3) is 3.66. The predicted molar refractivity (Wildman–Crippen MR) is 81.7 cm³/mol. The number of fused-ring (bicyclic) bond motifs is 1. The maximum Gasteiger partial charge on any atom is 0.273 e. The van der Waals surface area contributed by atoms with Crippen LogP contribution < -0.4 is 5.73 Å². The van der Waals surface area contributed by atoms with Crippen molar-refractivity contribution in [2.45, 2.75) is 26.7 Å². The summed E-state index contributed by atoms with van der Waals surface area (Å²) in [6, 6.07) is 3.62. The summed E-state index contributed by atoms with van der Waals surface area (Å²) in [7, 11) is 0. The van der Waals surface area contributed by atoms with Crippen LogP contribution in [0.5, 0.6) is 0 Å². The zero-order valence-electron chi connectivity index (χ0n) is 12.4. The summed E-state index contributed by atoms with van der Waals surface area (Å²) in [5.41, 5.74) is 7.76. The van der Waals surface area contributed by atoms with Gasteiger partial charge in [-0.1, -0.05) is 6.92 Å². The van der Waals surface area contributed by atoms with Gasteiger partial charge in [-0.2, -0.15) is 0 Å². The topological polar surface area (TPSA) is 80.8 Å². The molecule has 0 radical (unpaired) electrons. The van der Waals surface area contributed by atoms with Gasteiger partial charge in [0.1, 0.15) is 5.84 Å². The minimum atomic E-state index is -0.185. The number of nitrogens with two attached hydrogens (primary N) is 1. The summed E-state index contributed by atoms with van der Waals surface area (Å²) in [6.07, 6.45) is 4.52. The lowest BCUT2D eigenvalue weighted by Crippen LogP contribution is -2.34. The van der Waals surface area contributed by atoms with Crippen molar-refractivity contribution < 1.29 is 9.63 Å². The van der Waals surface area contributed by atoms with Crippen molar-refractivity contribution in [2.24, 2.45) is 10.7 Å². The van der Waals surface area contributed by atoms with Crippen LogP contribution >= 0.6 is 0 Å². The monoisotopic (exact) mass is 288 g/mol. The molecule has 1 aromatic heterocycles. The van der Waals surface area contributed by atoms with Crippen molar-refractivity contribution >= 4 is 23.5 Å². The van der Waals surface area contributed by atoms with E-state index in [1.165, 1.54) is 5.06 Å². The van der Waals surface area contributed by atoms with E-state index < -0.39 is 0 Å². The number of amides is 1. The molecule has 0 aromatic carbocycles. The quantitative estimate of drug-likeness (QED) is 0.841. The molecule has 2 rings (SSSR count). The predicted octanol–water partition coefficient (Wildman–Crippen LogP) is 2.05. The third-order valence-electron chi connectivity index (χ3n) is 2.98. The Bertz CT molecular complexity index is 575. The van der Waals surface area contributed by atoms with Crippen LogP contribution in [0.15, 0.2) is 28.9 Å². The fourth-order valence-electron chi connectivity index (χ4n) is 2.10. The Balaban J connectivity index is 2.33. The van der Waals surface area contributed by atoms with Gasteiger partial charge in [-0.3, -0.25) is 14.6 Å². The van der Waals surface area contributed by atoms with E-state index in [1.807, 2.05) is 19.9 Å². The first kappa shape index (κ1) is 15.2. The maximum atomic E-state index is 12.6. The van der Waals surface area contributed by atoms with Gasteiger partial charge in [-0.05, 0) is 31.6 Å². The van der Waals surface area contributed by atoms with Gasteiger partial charge < -0.3 is 5.73 Å². The van der Waals surface area contributed by atoms with Crippen LogP contribution in [0.1, 0.15) is 32.4 Å². The molecular weight excluding hydrogens is 268 g/mol. The Morgan fingerprint density at radius 3 is 3.00 bits per heavy atom. The summed E-state index contributed by atoms with van der Waals surface area (Å²) in [6.45, 7) is 4.82. The summed E-state index contributed by atoms with van der Waals surface area (Å²) in [5, 5.41) is 1.38. The number of amidine groups is 1. The lowest BCUT2D eigenvalue weighted by Gasteiger charge is -2.21. The van der Waals surface area contributed by atoms with Crippen LogP contribution in [-0.4, -0.2) is 34.9 Å². The highest BCUT2D eigenvalue weighted by molar-refractivity contribution is 6.04. The van der Waals surface area contributed by atoms with E-state index in [9.17, 15) is 4.79 Å². The fourth-order valence-corrected chi connectivity index (χ4v) is 2.10. The second-order valence-electron chi connectivity index (χ2n) is 4.68. The first-order valence-corrected chi connectivity index (χ1v) is 7.09. The number of aliphatic imine (C=N–C) groups is 1. The second-order valence-corrected chi connectivity index (χ2v) is 4.68. The molecule has 0 atom stereocenters. The normalized spacial score (nSPS) is 13.8. The number of nitrogens with zero attached hydrogens (tertiary/aromatic N) is 3. The highest BCUT2D eigenvalue weighted by Gasteiger charge is 2.21. The van der Waals surface area contributed by atoms with Crippen molar-refractivity contribution in [1.82, 2.24) is 10.0 Å². The van der Waals surface area contributed by atoms with E-state index in [1.54, 1.807) is 18.3 Å². The van der Waals surface area contributed by atoms with Crippen molar-refractivity contribution in [3.8, 4) is 0 Å². The van der Waals surface area contributed by atoms with Crippen LogP contribution in [0.4, 0.5) is 5.69 Å². The molecule has 0 aliphatic carbocycles. The van der Waals surface area contributed by atoms with E-state index >= 15 is 0 Å². The van der Waals surface area contributed by atoms with Crippen LogP contribution in [0, 0.1) is 0 Å². The molecule has 0 fully saturated rings. The molecule has 1 amide bonds. The Kier molecular flexibility index (Phi) is 5.05. The van der Waals surface area contributed by atoms with E-state index in [2.05, 4.69) is 9.98 Å². The van der Waals surface area contributed by atoms with Gasteiger partial charge in [-0.15, -0.1) is 0 Å². The summed E-state index contributed by atoms with van der Waals surface area (Å²) in [4.78, 5) is 26.5. The maximum absolute atomic E-state index is 12.6. The molecule has 0 saturated heterocycles. The Morgan fingerprint density at radius 2 is 2.29 bits per heavy atom. The Hall–Kier alpha value is -2.21. The van der Waals surface area contributed by atoms with Gasteiger partial charge in [0.25, 0.3) is 5.91 Å². The smallest absolute Gasteiger partial charge is 0.273 e. The van der Waals surface area contributed by atoms with Gasteiger partial charge in [0.2, 0.25) is 0 Å². The SMILES string of the molecule is CCCN(OCC)C(=O)C1=Cc2ncccc2N=C(N)C1. The minimum absolute atomic E-state index is 0.185. The number of hydrogen-bond donors (Lipinski definition) is 1. The highest BCUT2D eigenvalue weighted by atomic mass is 16.7. The average Bonchev–Trinajstić information content (AvgIpc) is 2.64. The van der Waals surface area contributed by atoms with Crippen molar-refractivity contribution in [3.63, 3.8) is 0 Å². The number of aromatic nitrogens is 1. The van der Waals surface area contributed by atoms with Gasteiger partial charge in [0.15, 0.2) is 0 Å². The van der Waals surface area contributed by atoms with Gasteiger partial charge in [0.05, 0.1) is 18.0 Å². The molecule has 6 heteroatoms. The molecule has 0 bridgehead atoms. The zero-order valence-corrected chi connectivity index (χ0v) is 12.4. The third-order valence-corrected chi connectivity index (χ3v) is 2.98. The van der Waals surface area contributed by atoms with Gasteiger partial charge in [-0.25, -0.2) is 10.1 Å². The molecule has 0 unspecified atom stereocenters. The average molecular weight is 288 g/mol. The van der Waals surface area contributed by atoms with Crippen molar-refractivity contribution in [1.29, 1.82) is 0 Å².